The highest BCUT2D eigenvalue weighted by Crippen LogP contribution is 2.01. The number of rotatable bonds is 5. The third kappa shape index (κ3) is 3.62. The minimum Gasteiger partial charge on any atom is -0.349 e. The van der Waals surface area contributed by atoms with E-state index in [1.54, 1.807) is 13.2 Å². The average molecular weight is 221 g/mol. The Balaban J connectivity index is 2.46. The van der Waals surface area contributed by atoms with Crippen LogP contribution < -0.4 is 10.6 Å². The van der Waals surface area contributed by atoms with E-state index in [9.17, 15) is 4.79 Å². The van der Waals surface area contributed by atoms with Crippen LogP contribution in [0.3, 0.4) is 0 Å². The molecule has 1 aromatic heterocycles. The van der Waals surface area contributed by atoms with Gasteiger partial charge in [0, 0.05) is 6.20 Å². The van der Waals surface area contributed by atoms with Crippen LogP contribution in [0.4, 0.5) is 0 Å². The number of pyridine rings is 1. The minimum absolute atomic E-state index is 0.0168. The van der Waals surface area contributed by atoms with E-state index in [4.69, 9.17) is 0 Å². The lowest BCUT2D eigenvalue weighted by Crippen LogP contribution is -2.45. The zero-order valence-corrected chi connectivity index (χ0v) is 10.0. The van der Waals surface area contributed by atoms with Gasteiger partial charge in [-0.1, -0.05) is 19.9 Å². The lowest BCUT2D eigenvalue weighted by atomic mass is 10.0. The molecule has 0 aliphatic carbocycles. The molecule has 0 spiro atoms. The molecule has 1 unspecified atom stereocenters. The first-order chi connectivity index (χ1) is 7.65. The van der Waals surface area contributed by atoms with Crippen molar-refractivity contribution >= 4 is 5.91 Å². The molecule has 4 heteroatoms. The van der Waals surface area contributed by atoms with Gasteiger partial charge in [-0.05, 0) is 25.1 Å². The Hall–Kier alpha value is -1.42. The maximum absolute atomic E-state index is 11.8. The molecule has 4 nitrogen and oxygen atoms in total. The van der Waals surface area contributed by atoms with Crippen LogP contribution in [-0.4, -0.2) is 24.0 Å². The Morgan fingerprint density at radius 2 is 2.19 bits per heavy atom. The van der Waals surface area contributed by atoms with Gasteiger partial charge in [0.1, 0.15) is 0 Å². The molecule has 0 aromatic carbocycles. The Morgan fingerprint density at radius 3 is 2.69 bits per heavy atom. The molecule has 1 rings (SSSR count). The van der Waals surface area contributed by atoms with Crippen molar-refractivity contribution in [1.29, 1.82) is 0 Å². The second kappa shape index (κ2) is 6.23. The van der Waals surface area contributed by atoms with Crippen molar-refractivity contribution in [3.63, 3.8) is 0 Å². The minimum atomic E-state index is -0.149. The van der Waals surface area contributed by atoms with Gasteiger partial charge in [-0.15, -0.1) is 0 Å². The van der Waals surface area contributed by atoms with E-state index in [-0.39, 0.29) is 17.9 Å². The maximum atomic E-state index is 11.8. The van der Waals surface area contributed by atoms with Crippen LogP contribution in [0, 0.1) is 5.92 Å². The summed E-state index contributed by atoms with van der Waals surface area (Å²) in [7, 11) is 1.80. The fraction of sp³-hybridized carbons (Fsp3) is 0.500. The van der Waals surface area contributed by atoms with Crippen molar-refractivity contribution in [1.82, 2.24) is 15.6 Å². The third-order valence-corrected chi connectivity index (χ3v) is 2.43. The smallest absolute Gasteiger partial charge is 0.237 e. The lowest BCUT2D eigenvalue weighted by Gasteiger charge is -2.19. The highest BCUT2D eigenvalue weighted by molar-refractivity contribution is 5.81. The summed E-state index contributed by atoms with van der Waals surface area (Å²) in [5.74, 6) is 0.289. The first-order valence-electron chi connectivity index (χ1n) is 5.50. The number of amides is 1. The number of carbonyl (C=O) groups is 1. The molecule has 0 saturated carbocycles. The van der Waals surface area contributed by atoms with E-state index in [0.29, 0.717) is 6.54 Å². The Kier molecular flexibility index (Phi) is 4.92. The molecule has 0 aliphatic rings. The van der Waals surface area contributed by atoms with E-state index in [2.05, 4.69) is 15.6 Å². The maximum Gasteiger partial charge on any atom is 0.237 e. The van der Waals surface area contributed by atoms with Gasteiger partial charge < -0.3 is 10.6 Å². The van der Waals surface area contributed by atoms with Crippen LogP contribution in [0.5, 0.6) is 0 Å². The molecule has 0 radical (unpaired) electrons. The molecular formula is C12H19N3O. The van der Waals surface area contributed by atoms with Crippen molar-refractivity contribution in [2.75, 3.05) is 7.05 Å². The first-order valence-corrected chi connectivity index (χ1v) is 5.50. The highest BCUT2D eigenvalue weighted by atomic mass is 16.2. The van der Waals surface area contributed by atoms with Crippen LogP contribution in [0.2, 0.25) is 0 Å². The summed E-state index contributed by atoms with van der Waals surface area (Å²) in [5, 5.41) is 5.87. The van der Waals surface area contributed by atoms with E-state index in [1.165, 1.54) is 0 Å². The standard InChI is InChI=1S/C12H19N3O/c1-9(2)11(13-3)12(16)15-8-10-6-4-5-7-14-10/h4-7,9,11,13H,8H2,1-3H3,(H,15,16). The molecule has 1 atom stereocenters. The summed E-state index contributed by atoms with van der Waals surface area (Å²) in [6.45, 7) is 4.51. The van der Waals surface area contributed by atoms with Crippen LogP contribution in [0.25, 0.3) is 0 Å². The summed E-state index contributed by atoms with van der Waals surface area (Å²) in [4.78, 5) is 15.9. The molecule has 1 aromatic rings. The zero-order chi connectivity index (χ0) is 12.0. The van der Waals surface area contributed by atoms with Gasteiger partial charge in [0.15, 0.2) is 0 Å². The zero-order valence-electron chi connectivity index (χ0n) is 10.0. The quantitative estimate of drug-likeness (QED) is 0.778. The molecular weight excluding hydrogens is 202 g/mol. The topological polar surface area (TPSA) is 54.0 Å². The molecule has 88 valence electrons. The summed E-state index contributed by atoms with van der Waals surface area (Å²) >= 11 is 0. The molecule has 16 heavy (non-hydrogen) atoms. The van der Waals surface area contributed by atoms with Crippen LogP contribution in [-0.2, 0) is 11.3 Å². The SMILES string of the molecule is CNC(C(=O)NCc1ccccn1)C(C)C. The Morgan fingerprint density at radius 1 is 1.44 bits per heavy atom. The van der Waals surface area contributed by atoms with Gasteiger partial charge in [0.05, 0.1) is 18.3 Å². The second-order valence-electron chi connectivity index (χ2n) is 4.05. The van der Waals surface area contributed by atoms with Crippen LogP contribution >= 0.6 is 0 Å². The summed E-state index contributed by atoms with van der Waals surface area (Å²) in [5.41, 5.74) is 0.870. The molecule has 2 N–H and O–H groups in total. The predicted molar refractivity (Wildman–Crippen MR) is 63.8 cm³/mol. The fourth-order valence-electron chi connectivity index (χ4n) is 1.56. The monoisotopic (exact) mass is 221 g/mol. The van der Waals surface area contributed by atoms with E-state index >= 15 is 0 Å². The van der Waals surface area contributed by atoms with Crippen molar-refractivity contribution in [2.45, 2.75) is 26.4 Å². The van der Waals surface area contributed by atoms with Crippen LogP contribution in [0.15, 0.2) is 24.4 Å². The molecule has 0 saturated heterocycles. The average Bonchev–Trinajstić information content (AvgIpc) is 2.28. The number of hydrogen-bond acceptors (Lipinski definition) is 3. The first kappa shape index (κ1) is 12.6. The van der Waals surface area contributed by atoms with Crippen molar-refractivity contribution in [2.24, 2.45) is 5.92 Å². The van der Waals surface area contributed by atoms with Crippen molar-refractivity contribution < 1.29 is 4.79 Å². The molecule has 1 heterocycles. The van der Waals surface area contributed by atoms with E-state index in [1.807, 2.05) is 32.0 Å². The van der Waals surface area contributed by atoms with Gasteiger partial charge in [-0.3, -0.25) is 9.78 Å². The van der Waals surface area contributed by atoms with Gasteiger partial charge >= 0.3 is 0 Å². The third-order valence-electron chi connectivity index (χ3n) is 2.43. The number of carbonyl (C=O) groups excluding carboxylic acids is 1. The number of hydrogen-bond donors (Lipinski definition) is 2. The van der Waals surface area contributed by atoms with Gasteiger partial charge in [-0.25, -0.2) is 0 Å². The van der Waals surface area contributed by atoms with Gasteiger partial charge in [0.25, 0.3) is 0 Å². The highest BCUT2D eigenvalue weighted by Gasteiger charge is 2.19. The summed E-state index contributed by atoms with van der Waals surface area (Å²) in [6, 6.07) is 5.51. The van der Waals surface area contributed by atoms with Crippen molar-refractivity contribution in [3.05, 3.63) is 30.1 Å². The molecule has 0 bridgehead atoms. The lowest BCUT2D eigenvalue weighted by molar-refractivity contribution is -0.124. The van der Waals surface area contributed by atoms with E-state index < -0.39 is 0 Å². The second-order valence-corrected chi connectivity index (χ2v) is 4.05. The molecule has 0 fully saturated rings. The number of likely N-dealkylation sites (N-methyl/N-ethyl adjacent to an activating group) is 1. The predicted octanol–water partition coefficient (Wildman–Crippen LogP) is 0.942. The van der Waals surface area contributed by atoms with E-state index in [0.717, 1.165) is 5.69 Å². The van der Waals surface area contributed by atoms with Gasteiger partial charge in [-0.2, -0.15) is 0 Å². The molecule has 0 aliphatic heterocycles. The fourth-order valence-corrected chi connectivity index (χ4v) is 1.56. The van der Waals surface area contributed by atoms with Crippen LogP contribution in [0.1, 0.15) is 19.5 Å². The Bertz CT molecular complexity index is 324. The summed E-state index contributed by atoms with van der Waals surface area (Å²) < 4.78 is 0. The number of nitrogens with one attached hydrogen (secondary N) is 2. The summed E-state index contributed by atoms with van der Waals surface area (Å²) in [6.07, 6.45) is 1.72. The van der Waals surface area contributed by atoms with Crippen molar-refractivity contribution in [3.8, 4) is 0 Å². The normalized spacial score (nSPS) is 12.5. The number of aromatic nitrogens is 1. The Labute approximate surface area is 96.5 Å². The molecule has 1 amide bonds. The van der Waals surface area contributed by atoms with Gasteiger partial charge in [0.2, 0.25) is 5.91 Å². The number of nitrogens with zero attached hydrogens (tertiary/aromatic N) is 1. The largest absolute Gasteiger partial charge is 0.349 e.